The predicted molar refractivity (Wildman–Crippen MR) is 59.7 cm³/mol. The number of hydrogen-bond donors (Lipinski definition) is 0. The predicted octanol–water partition coefficient (Wildman–Crippen LogP) is 1.09. The zero-order valence-electron chi connectivity index (χ0n) is 8.61. The lowest BCUT2D eigenvalue weighted by Crippen LogP contribution is -2.23. The lowest BCUT2D eigenvalue weighted by Gasteiger charge is -2.20. The van der Waals surface area contributed by atoms with E-state index < -0.39 is 0 Å². The Kier molecular flexibility index (Phi) is 3.22. The molecule has 2 radical (unpaired) electrons. The van der Waals surface area contributed by atoms with Gasteiger partial charge in [0, 0.05) is 24.7 Å². The number of ether oxygens (including phenoxy) is 1. The van der Waals surface area contributed by atoms with Crippen LogP contribution >= 0.6 is 0 Å². The van der Waals surface area contributed by atoms with Gasteiger partial charge in [-0.3, -0.25) is 4.79 Å². The van der Waals surface area contributed by atoms with Gasteiger partial charge >= 0.3 is 0 Å². The van der Waals surface area contributed by atoms with Crippen molar-refractivity contribution < 1.29 is 9.53 Å². The second kappa shape index (κ2) is 4.62. The fourth-order valence-electron chi connectivity index (χ4n) is 1.84. The summed E-state index contributed by atoms with van der Waals surface area (Å²) in [4.78, 5) is 12.0. The first-order chi connectivity index (χ1) is 7.27. The molecule has 0 aromatic heterocycles. The summed E-state index contributed by atoms with van der Waals surface area (Å²) in [6.07, 6.45) is 1.67. The van der Waals surface area contributed by atoms with Gasteiger partial charge < -0.3 is 4.74 Å². The lowest BCUT2D eigenvalue weighted by atomic mass is 9.88. The zero-order chi connectivity index (χ0) is 10.7. The van der Waals surface area contributed by atoms with E-state index in [4.69, 9.17) is 12.6 Å². The normalized spacial score (nSPS) is 17.6. The molecule has 0 bridgehead atoms. The SMILES string of the molecule is [B]c1ccc(C(=O)C2CCOCC2)cc1. The van der Waals surface area contributed by atoms with Crippen LogP contribution in [0.25, 0.3) is 0 Å². The van der Waals surface area contributed by atoms with Crippen LogP contribution in [0.2, 0.25) is 0 Å². The minimum Gasteiger partial charge on any atom is -0.381 e. The van der Waals surface area contributed by atoms with Crippen molar-refractivity contribution >= 4 is 19.1 Å². The number of carbonyl (C=O) groups excluding carboxylic acids is 1. The molecule has 2 nitrogen and oxygen atoms in total. The molecule has 15 heavy (non-hydrogen) atoms. The van der Waals surface area contributed by atoms with Gasteiger partial charge in [-0.25, -0.2) is 0 Å². The van der Waals surface area contributed by atoms with Crippen LogP contribution in [0, 0.1) is 5.92 Å². The number of benzene rings is 1. The quantitative estimate of drug-likeness (QED) is 0.527. The van der Waals surface area contributed by atoms with E-state index in [0.717, 1.165) is 18.4 Å². The van der Waals surface area contributed by atoms with Crippen molar-refractivity contribution in [3.05, 3.63) is 29.8 Å². The summed E-state index contributed by atoms with van der Waals surface area (Å²) in [6.45, 7) is 1.40. The van der Waals surface area contributed by atoms with Crippen molar-refractivity contribution in [3.63, 3.8) is 0 Å². The molecule has 76 valence electrons. The highest BCUT2D eigenvalue weighted by atomic mass is 16.5. The van der Waals surface area contributed by atoms with E-state index in [0.29, 0.717) is 18.7 Å². The van der Waals surface area contributed by atoms with E-state index in [9.17, 15) is 4.79 Å². The smallest absolute Gasteiger partial charge is 0.166 e. The molecule has 1 aromatic carbocycles. The standard InChI is InChI=1S/C12H13BO2/c13-11-3-1-9(2-4-11)12(14)10-5-7-15-8-6-10/h1-4,10H,5-8H2. The van der Waals surface area contributed by atoms with Crippen LogP contribution in [-0.4, -0.2) is 26.8 Å². The van der Waals surface area contributed by atoms with Gasteiger partial charge in [-0.15, -0.1) is 0 Å². The highest BCUT2D eigenvalue weighted by molar-refractivity contribution is 6.32. The number of hydrogen-bond acceptors (Lipinski definition) is 2. The first kappa shape index (κ1) is 10.4. The third-order valence-corrected chi connectivity index (χ3v) is 2.79. The summed E-state index contributed by atoms with van der Waals surface area (Å²) in [7, 11) is 5.57. The van der Waals surface area contributed by atoms with Crippen molar-refractivity contribution in [1.82, 2.24) is 0 Å². The molecule has 1 aliphatic heterocycles. The molecule has 0 unspecified atom stereocenters. The monoisotopic (exact) mass is 200 g/mol. The molecular weight excluding hydrogens is 187 g/mol. The second-order valence-electron chi connectivity index (χ2n) is 3.87. The number of Topliss-reactive ketones (excluding diaryl/α,β-unsaturated/α-hetero) is 1. The van der Waals surface area contributed by atoms with Crippen LogP contribution in [0.4, 0.5) is 0 Å². The van der Waals surface area contributed by atoms with Crippen molar-refractivity contribution in [2.45, 2.75) is 12.8 Å². The van der Waals surface area contributed by atoms with Crippen LogP contribution in [0.3, 0.4) is 0 Å². The fraction of sp³-hybridized carbons (Fsp3) is 0.417. The lowest BCUT2D eigenvalue weighted by molar-refractivity contribution is 0.0545. The highest BCUT2D eigenvalue weighted by Gasteiger charge is 2.22. The number of carbonyl (C=O) groups is 1. The average Bonchev–Trinajstić information content (AvgIpc) is 2.30. The van der Waals surface area contributed by atoms with Gasteiger partial charge in [0.2, 0.25) is 0 Å². The Labute approximate surface area is 91.0 Å². The molecule has 0 atom stereocenters. The zero-order valence-corrected chi connectivity index (χ0v) is 8.61. The summed E-state index contributed by atoms with van der Waals surface area (Å²) >= 11 is 0. The minimum absolute atomic E-state index is 0.127. The molecule has 0 amide bonds. The molecule has 1 heterocycles. The Morgan fingerprint density at radius 2 is 1.80 bits per heavy atom. The van der Waals surface area contributed by atoms with Gasteiger partial charge in [0.15, 0.2) is 5.78 Å². The number of rotatable bonds is 2. The molecule has 2 rings (SSSR count). The second-order valence-corrected chi connectivity index (χ2v) is 3.87. The summed E-state index contributed by atoms with van der Waals surface area (Å²) in [5.74, 6) is 0.348. The van der Waals surface area contributed by atoms with Crippen LogP contribution in [0.5, 0.6) is 0 Å². The summed E-state index contributed by atoms with van der Waals surface area (Å²) in [5, 5.41) is 0. The number of ketones is 1. The molecule has 1 saturated heterocycles. The van der Waals surface area contributed by atoms with Gasteiger partial charge in [0.25, 0.3) is 0 Å². The van der Waals surface area contributed by atoms with E-state index in [1.54, 1.807) is 24.3 Å². The minimum atomic E-state index is 0.127. The van der Waals surface area contributed by atoms with E-state index >= 15 is 0 Å². The maximum atomic E-state index is 12.0. The third-order valence-electron chi connectivity index (χ3n) is 2.79. The first-order valence-electron chi connectivity index (χ1n) is 5.25. The van der Waals surface area contributed by atoms with E-state index in [1.807, 2.05) is 0 Å². The van der Waals surface area contributed by atoms with Gasteiger partial charge in [-0.05, 0) is 12.8 Å². The Bertz CT molecular complexity index is 339. The Balaban J connectivity index is 2.09. The molecular formula is C12H13BO2. The van der Waals surface area contributed by atoms with E-state index in [-0.39, 0.29) is 11.7 Å². The molecule has 1 aromatic rings. The average molecular weight is 200 g/mol. The van der Waals surface area contributed by atoms with Crippen LogP contribution in [0.1, 0.15) is 23.2 Å². The van der Waals surface area contributed by atoms with Crippen LogP contribution < -0.4 is 5.46 Å². The fourth-order valence-corrected chi connectivity index (χ4v) is 1.84. The summed E-state index contributed by atoms with van der Waals surface area (Å²) in [6, 6.07) is 7.14. The Morgan fingerprint density at radius 3 is 2.40 bits per heavy atom. The van der Waals surface area contributed by atoms with Crippen molar-refractivity contribution in [2.75, 3.05) is 13.2 Å². The van der Waals surface area contributed by atoms with Crippen molar-refractivity contribution in [2.24, 2.45) is 5.92 Å². The van der Waals surface area contributed by atoms with Gasteiger partial charge in [-0.2, -0.15) is 0 Å². The molecule has 0 saturated carbocycles. The van der Waals surface area contributed by atoms with Gasteiger partial charge in [0.05, 0.1) is 0 Å². The molecule has 3 heteroatoms. The van der Waals surface area contributed by atoms with Crippen LogP contribution in [0.15, 0.2) is 24.3 Å². The van der Waals surface area contributed by atoms with Gasteiger partial charge in [0.1, 0.15) is 7.85 Å². The van der Waals surface area contributed by atoms with Crippen molar-refractivity contribution in [1.29, 1.82) is 0 Å². The highest BCUT2D eigenvalue weighted by Crippen LogP contribution is 2.19. The maximum absolute atomic E-state index is 12.0. The molecule has 0 spiro atoms. The van der Waals surface area contributed by atoms with E-state index in [2.05, 4.69) is 0 Å². The maximum Gasteiger partial charge on any atom is 0.166 e. The molecule has 1 aliphatic rings. The third kappa shape index (κ3) is 2.48. The largest absolute Gasteiger partial charge is 0.381 e. The summed E-state index contributed by atoms with van der Waals surface area (Å²) < 4.78 is 5.23. The molecule has 0 N–H and O–H groups in total. The molecule has 0 aliphatic carbocycles. The van der Waals surface area contributed by atoms with Gasteiger partial charge in [-0.1, -0.05) is 29.7 Å². The van der Waals surface area contributed by atoms with E-state index in [1.165, 1.54) is 0 Å². The first-order valence-corrected chi connectivity index (χ1v) is 5.25. The van der Waals surface area contributed by atoms with Crippen molar-refractivity contribution in [3.8, 4) is 0 Å². The van der Waals surface area contributed by atoms with Crippen LogP contribution in [-0.2, 0) is 4.74 Å². The molecule has 1 fully saturated rings. The topological polar surface area (TPSA) is 26.3 Å². The Hall–Kier alpha value is -1.09. The Morgan fingerprint density at radius 1 is 1.20 bits per heavy atom. The summed E-state index contributed by atoms with van der Waals surface area (Å²) in [5.41, 5.74) is 1.45.